The van der Waals surface area contributed by atoms with Gasteiger partial charge in [0.05, 0.1) is 11.5 Å². The van der Waals surface area contributed by atoms with Gasteiger partial charge in [-0.3, -0.25) is 0 Å². The maximum absolute atomic E-state index is 10.7. The Morgan fingerprint density at radius 3 is 2.73 bits per heavy atom. The van der Waals surface area contributed by atoms with E-state index in [0.717, 1.165) is 12.8 Å². The van der Waals surface area contributed by atoms with Crippen LogP contribution in [0, 0.1) is 0 Å². The highest BCUT2D eigenvalue weighted by molar-refractivity contribution is 5.84. The lowest BCUT2D eigenvalue weighted by molar-refractivity contribution is -0.725. The highest BCUT2D eigenvalue weighted by Gasteiger charge is 2.21. The summed E-state index contributed by atoms with van der Waals surface area (Å²) in [5.74, 6) is -1.10. The van der Waals surface area contributed by atoms with Gasteiger partial charge in [-0.05, 0) is 18.9 Å². The minimum Gasteiger partial charge on any atom is -0.545 e. The molecule has 0 amide bonds. The van der Waals surface area contributed by atoms with Crippen LogP contribution in [-0.4, -0.2) is 5.97 Å². The summed E-state index contributed by atoms with van der Waals surface area (Å²) in [6, 6.07) is 3.83. The molecule has 1 aliphatic rings. The van der Waals surface area contributed by atoms with Crippen molar-refractivity contribution >= 4 is 5.97 Å². The van der Waals surface area contributed by atoms with E-state index in [0.29, 0.717) is 6.04 Å². The molecule has 0 aliphatic heterocycles. The topological polar surface area (TPSA) is 44.0 Å². The van der Waals surface area contributed by atoms with E-state index in [-0.39, 0.29) is 5.56 Å². The number of hydrogen-bond donors (Lipinski definition) is 0. The average Bonchev–Trinajstić information content (AvgIpc) is 2.30. The summed E-state index contributed by atoms with van der Waals surface area (Å²) in [5, 5.41) is 10.7. The molecule has 0 N–H and O–H groups in total. The number of carboxylic acid groups (broad SMARTS) is 1. The summed E-state index contributed by atoms with van der Waals surface area (Å²) >= 11 is 0. The second kappa shape index (κ2) is 4.43. The predicted octanol–water partition coefficient (Wildman–Crippen LogP) is 0.843. The van der Waals surface area contributed by atoms with Crippen LogP contribution in [0.5, 0.6) is 0 Å². The van der Waals surface area contributed by atoms with Crippen LogP contribution >= 0.6 is 0 Å². The van der Waals surface area contributed by atoms with Gasteiger partial charge < -0.3 is 9.90 Å². The van der Waals surface area contributed by atoms with Gasteiger partial charge in [0.1, 0.15) is 0 Å². The van der Waals surface area contributed by atoms with Gasteiger partial charge >= 0.3 is 0 Å². The normalized spacial score (nSPS) is 17.6. The Balaban J connectivity index is 2.19. The molecule has 1 aliphatic carbocycles. The fourth-order valence-corrected chi connectivity index (χ4v) is 2.22. The third-order valence-electron chi connectivity index (χ3n) is 3.05. The smallest absolute Gasteiger partial charge is 0.178 e. The second-order valence-corrected chi connectivity index (χ2v) is 4.12. The van der Waals surface area contributed by atoms with Gasteiger partial charge in [-0.2, -0.15) is 0 Å². The summed E-state index contributed by atoms with van der Waals surface area (Å²) in [4.78, 5) is 10.7. The molecule has 1 fully saturated rings. The van der Waals surface area contributed by atoms with Crippen LogP contribution in [0.15, 0.2) is 24.5 Å². The lowest BCUT2D eigenvalue weighted by Crippen LogP contribution is -2.41. The summed E-state index contributed by atoms with van der Waals surface area (Å²) in [6.07, 6.45) is 9.73. The van der Waals surface area contributed by atoms with Crippen LogP contribution in [0.1, 0.15) is 48.5 Å². The summed E-state index contributed by atoms with van der Waals surface area (Å²) in [5.41, 5.74) is 0.267. The van der Waals surface area contributed by atoms with Crippen molar-refractivity contribution in [3.63, 3.8) is 0 Å². The predicted molar refractivity (Wildman–Crippen MR) is 53.1 cm³/mol. The lowest BCUT2D eigenvalue weighted by Gasteiger charge is -2.17. The largest absolute Gasteiger partial charge is 0.545 e. The van der Waals surface area contributed by atoms with Gasteiger partial charge in [0.25, 0.3) is 0 Å². The number of carbonyl (C=O) groups is 1. The number of aromatic carboxylic acids is 1. The SMILES string of the molecule is O=C([O-])c1ccc[n+](C2CCCCC2)c1. The molecule has 0 bridgehead atoms. The fourth-order valence-electron chi connectivity index (χ4n) is 2.22. The maximum Gasteiger partial charge on any atom is 0.178 e. The molecule has 0 aromatic carbocycles. The quantitative estimate of drug-likeness (QED) is 0.672. The number of hydrogen-bond acceptors (Lipinski definition) is 2. The van der Waals surface area contributed by atoms with E-state index in [1.807, 2.05) is 10.8 Å². The molecule has 1 saturated carbocycles. The van der Waals surface area contributed by atoms with E-state index in [2.05, 4.69) is 0 Å². The van der Waals surface area contributed by atoms with Crippen LogP contribution in [0.3, 0.4) is 0 Å². The van der Waals surface area contributed by atoms with E-state index in [4.69, 9.17) is 0 Å². The van der Waals surface area contributed by atoms with Gasteiger partial charge in [0.15, 0.2) is 18.4 Å². The number of nitrogens with zero attached hydrogens (tertiary/aromatic N) is 1. The van der Waals surface area contributed by atoms with Crippen molar-refractivity contribution in [1.82, 2.24) is 0 Å². The minimum atomic E-state index is -1.10. The molecule has 3 nitrogen and oxygen atoms in total. The van der Waals surface area contributed by atoms with Crippen LogP contribution in [0.4, 0.5) is 0 Å². The Morgan fingerprint density at radius 1 is 1.33 bits per heavy atom. The van der Waals surface area contributed by atoms with Crippen LogP contribution in [-0.2, 0) is 0 Å². The van der Waals surface area contributed by atoms with Crippen molar-refractivity contribution in [2.24, 2.45) is 0 Å². The average molecular weight is 205 g/mol. The maximum atomic E-state index is 10.7. The molecular weight excluding hydrogens is 190 g/mol. The zero-order valence-corrected chi connectivity index (χ0v) is 8.69. The molecule has 0 atom stereocenters. The van der Waals surface area contributed by atoms with Crippen molar-refractivity contribution in [3.8, 4) is 0 Å². The molecular formula is C12H15NO2. The molecule has 1 heterocycles. The van der Waals surface area contributed by atoms with E-state index in [1.54, 1.807) is 18.3 Å². The molecule has 0 saturated heterocycles. The summed E-state index contributed by atoms with van der Waals surface area (Å²) in [7, 11) is 0. The zero-order chi connectivity index (χ0) is 10.7. The molecule has 2 rings (SSSR count). The first-order valence-corrected chi connectivity index (χ1v) is 5.49. The van der Waals surface area contributed by atoms with E-state index < -0.39 is 5.97 Å². The Morgan fingerprint density at radius 2 is 2.07 bits per heavy atom. The van der Waals surface area contributed by atoms with Crippen molar-refractivity contribution in [1.29, 1.82) is 0 Å². The standard InChI is InChI=1S/C12H15NO2/c14-12(15)10-5-4-8-13(9-10)11-6-2-1-3-7-11/h4-5,8-9,11H,1-3,6-7H2. The van der Waals surface area contributed by atoms with E-state index in [9.17, 15) is 9.90 Å². The Hall–Kier alpha value is -1.38. The third kappa shape index (κ3) is 2.35. The summed E-state index contributed by atoms with van der Waals surface area (Å²) < 4.78 is 2.02. The Labute approximate surface area is 89.4 Å². The first-order chi connectivity index (χ1) is 7.27. The molecule has 80 valence electrons. The van der Waals surface area contributed by atoms with Crippen molar-refractivity contribution in [2.45, 2.75) is 38.1 Å². The van der Waals surface area contributed by atoms with Gasteiger partial charge in [-0.15, -0.1) is 0 Å². The minimum absolute atomic E-state index is 0.267. The monoisotopic (exact) mass is 205 g/mol. The Kier molecular flexibility index (Phi) is 2.99. The third-order valence-corrected chi connectivity index (χ3v) is 3.05. The van der Waals surface area contributed by atoms with Crippen LogP contribution in [0.25, 0.3) is 0 Å². The highest BCUT2D eigenvalue weighted by atomic mass is 16.4. The van der Waals surface area contributed by atoms with Gasteiger partial charge in [-0.25, -0.2) is 4.57 Å². The van der Waals surface area contributed by atoms with Gasteiger partial charge in [0, 0.05) is 18.9 Å². The van der Waals surface area contributed by atoms with Crippen LogP contribution in [0.2, 0.25) is 0 Å². The molecule has 1 aromatic heterocycles. The van der Waals surface area contributed by atoms with Crippen LogP contribution < -0.4 is 9.67 Å². The first kappa shape index (κ1) is 10.1. The van der Waals surface area contributed by atoms with E-state index >= 15 is 0 Å². The van der Waals surface area contributed by atoms with Crippen molar-refractivity contribution in [2.75, 3.05) is 0 Å². The molecule has 0 unspecified atom stereocenters. The number of pyridine rings is 1. The first-order valence-electron chi connectivity index (χ1n) is 5.49. The highest BCUT2D eigenvalue weighted by Crippen LogP contribution is 2.23. The number of aromatic nitrogens is 1. The van der Waals surface area contributed by atoms with Gasteiger partial charge in [-0.1, -0.05) is 6.42 Å². The number of carbonyl (C=O) groups excluding carboxylic acids is 1. The zero-order valence-electron chi connectivity index (χ0n) is 8.69. The van der Waals surface area contributed by atoms with Crippen molar-refractivity contribution in [3.05, 3.63) is 30.1 Å². The van der Waals surface area contributed by atoms with Gasteiger partial charge in [0.2, 0.25) is 0 Å². The fraction of sp³-hybridized carbons (Fsp3) is 0.500. The molecule has 0 radical (unpaired) electrons. The van der Waals surface area contributed by atoms with Crippen molar-refractivity contribution < 1.29 is 14.5 Å². The number of rotatable bonds is 2. The Bertz CT molecular complexity index is 356. The molecule has 0 spiro atoms. The second-order valence-electron chi connectivity index (χ2n) is 4.12. The molecule has 1 aromatic rings. The summed E-state index contributed by atoms with van der Waals surface area (Å²) in [6.45, 7) is 0. The lowest BCUT2D eigenvalue weighted by atomic mass is 9.95. The molecule has 3 heteroatoms. The van der Waals surface area contributed by atoms with E-state index in [1.165, 1.54) is 19.3 Å². The molecule has 15 heavy (non-hydrogen) atoms. The number of carboxylic acids is 1.